The summed E-state index contributed by atoms with van der Waals surface area (Å²) in [5.41, 5.74) is -0.0330. The van der Waals surface area contributed by atoms with Crippen molar-refractivity contribution in [2.24, 2.45) is 5.92 Å². The molecule has 0 radical (unpaired) electrons. The lowest BCUT2D eigenvalue weighted by Gasteiger charge is -2.48. The molecule has 1 saturated heterocycles. The van der Waals surface area contributed by atoms with Gasteiger partial charge in [0, 0.05) is 18.8 Å². The van der Waals surface area contributed by atoms with Gasteiger partial charge in [-0.05, 0) is 24.1 Å². The number of ether oxygens (including phenoxy) is 1. The lowest BCUT2D eigenvalue weighted by molar-refractivity contribution is -0.139. The molecule has 0 bridgehead atoms. The molecule has 0 saturated carbocycles. The van der Waals surface area contributed by atoms with E-state index in [0.717, 1.165) is 0 Å². The zero-order valence-electron chi connectivity index (χ0n) is 12.5. The summed E-state index contributed by atoms with van der Waals surface area (Å²) in [6.45, 7) is 5.29. The molecular formula is C15H21ClN2O3. The maximum atomic E-state index is 12.0. The maximum Gasteiger partial charge on any atom is 0.238 e. The van der Waals surface area contributed by atoms with E-state index < -0.39 is 5.60 Å². The number of amides is 1. The van der Waals surface area contributed by atoms with Crippen molar-refractivity contribution in [2.75, 3.05) is 32.1 Å². The Morgan fingerprint density at radius 3 is 2.71 bits per heavy atom. The third-order valence-electron chi connectivity index (χ3n) is 3.87. The predicted octanol–water partition coefficient (Wildman–Crippen LogP) is 1.99. The first-order valence-corrected chi connectivity index (χ1v) is 7.30. The van der Waals surface area contributed by atoms with Crippen LogP contribution in [0.25, 0.3) is 0 Å². The van der Waals surface area contributed by atoms with Gasteiger partial charge in [0.2, 0.25) is 5.91 Å². The largest absolute Gasteiger partial charge is 0.495 e. The second-order valence-corrected chi connectivity index (χ2v) is 6.21. The Morgan fingerprint density at radius 2 is 2.19 bits per heavy atom. The number of hydrogen-bond acceptors (Lipinski definition) is 4. The van der Waals surface area contributed by atoms with Crippen molar-refractivity contribution in [2.45, 2.75) is 19.4 Å². The van der Waals surface area contributed by atoms with E-state index in [1.807, 2.05) is 18.7 Å². The van der Waals surface area contributed by atoms with Gasteiger partial charge in [0.25, 0.3) is 0 Å². The summed E-state index contributed by atoms with van der Waals surface area (Å²) >= 11 is 6.01. The molecule has 1 fully saturated rings. The highest BCUT2D eigenvalue weighted by atomic mass is 35.5. The Morgan fingerprint density at radius 1 is 1.52 bits per heavy atom. The van der Waals surface area contributed by atoms with Crippen LogP contribution in [0.2, 0.25) is 5.02 Å². The number of β-amino-alcohol motifs (C(OH)–C–C–N with tert-alkyl or cyclic N) is 1. The molecule has 2 rings (SSSR count). The molecule has 1 aromatic carbocycles. The first-order valence-electron chi connectivity index (χ1n) is 6.92. The highest BCUT2D eigenvalue weighted by molar-refractivity contribution is 6.32. The molecular weight excluding hydrogens is 292 g/mol. The van der Waals surface area contributed by atoms with E-state index in [4.69, 9.17) is 16.3 Å². The molecule has 0 unspecified atom stereocenters. The third kappa shape index (κ3) is 3.67. The number of anilines is 1. The van der Waals surface area contributed by atoms with Crippen LogP contribution < -0.4 is 10.1 Å². The lowest BCUT2D eigenvalue weighted by Crippen LogP contribution is -2.65. The fourth-order valence-electron chi connectivity index (χ4n) is 2.35. The summed E-state index contributed by atoms with van der Waals surface area (Å²) in [5.74, 6) is 0.638. The number of rotatable bonds is 5. The van der Waals surface area contributed by atoms with Crippen LogP contribution in [0.15, 0.2) is 18.2 Å². The summed E-state index contributed by atoms with van der Waals surface area (Å²) in [7, 11) is 1.54. The van der Waals surface area contributed by atoms with Gasteiger partial charge in [-0.25, -0.2) is 0 Å². The molecule has 1 aliphatic rings. The number of aliphatic hydroxyl groups is 1. The fourth-order valence-corrected chi connectivity index (χ4v) is 2.61. The zero-order chi connectivity index (χ0) is 15.6. The average Bonchev–Trinajstić information content (AvgIpc) is 2.36. The minimum atomic E-state index is -0.663. The van der Waals surface area contributed by atoms with E-state index in [1.165, 1.54) is 0 Å². The number of benzene rings is 1. The number of nitrogens with zero attached hydrogens (tertiary/aromatic N) is 1. The molecule has 21 heavy (non-hydrogen) atoms. The van der Waals surface area contributed by atoms with Crippen molar-refractivity contribution in [1.29, 1.82) is 0 Å². The SMILES string of the molecule is COc1ccc(NC(=O)CN2CC(O)(C(C)C)C2)cc1Cl. The van der Waals surface area contributed by atoms with Gasteiger partial charge in [-0.15, -0.1) is 0 Å². The van der Waals surface area contributed by atoms with Crippen LogP contribution in [-0.2, 0) is 4.79 Å². The number of carbonyl (C=O) groups is 1. The van der Waals surface area contributed by atoms with Gasteiger partial charge in [-0.1, -0.05) is 25.4 Å². The average molecular weight is 313 g/mol. The molecule has 1 amide bonds. The van der Waals surface area contributed by atoms with Crippen molar-refractivity contribution < 1.29 is 14.6 Å². The van der Waals surface area contributed by atoms with E-state index in [0.29, 0.717) is 29.5 Å². The van der Waals surface area contributed by atoms with Gasteiger partial charge in [0.1, 0.15) is 5.75 Å². The zero-order valence-corrected chi connectivity index (χ0v) is 13.3. The summed E-state index contributed by atoms with van der Waals surface area (Å²) in [6.07, 6.45) is 0. The second kappa shape index (κ2) is 6.22. The first kappa shape index (κ1) is 16.1. The minimum absolute atomic E-state index is 0.123. The first-order chi connectivity index (χ1) is 9.84. The number of likely N-dealkylation sites (tertiary alicyclic amines) is 1. The normalized spacial score (nSPS) is 17.4. The number of carbonyl (C=O) groups excluding carboxylic acids is 1. The van der Waals surface area contributed by atoms with Crippen LogP contribution in [0.3, 0.4) is 0 Å². The van der Waals surface area contributed by atoms with E-state index in [9.17, 15) is 9.90 Å². The maximum absolute atomic E-state index is 12.0. The summed E-state index contributed by atoms with van der Waals surface area (Å²) < 4.78 is 5.06. The number of methoxy groups -OCH3 is 1. The Hall–Kier alpha value is -1.30. The number of nitrogens with one attached hydrogen (secondary N) is 1. The van der Waals surface area contributed by atoms with Gasteiger partial charge in [0.15, 0.2) is 0 Å². The molecule has 116 valence electrons. The molecule has 1 aromatic rings. The molecule has 6 heteroatoms. The summed E-state index contributed by atoms with van der Waals surface area (Å²) in [4.78, 5) is 13.9. The predicted molar refractivity (Wildman–Crippen MR) is 82.9 cm³/mol. The molecule has 1 heterocycles. The van der Waals surface area contributed by atoms with Crippen LogP contribution in [0.4, 0.5) is 5.69 Å². The van der Waals surface area contributed by atoms with E-state index in [-0.39, 0.29) is 18.4 Å². The molecule has 0 spiro atoms. The van der Waals surface area contributed by atoms with Gasteiger partial charge < -0.3 is 15.2 Å². The lowest BCUT2D eigenvalue weighted by atomic mass is 9.83. The van der Waals surface area contributed by atoms with Gasteiger partial charge in [-0.3, -0.25) is 9.69 Å². The Bertz CT molecular complexity index is 528. The highest BCUT2D eigenvalue weighted by Crippen LogP contribution is 2.29. The van der Waals surface area contributed by atoms with Crippen molar-refractivity contribution in [3.05, 3.63) is 23.2 Å². The van der Waals surface area contributed by atoms with E-state index in [2.05, 4.69) is 5.32 Å². The van der Waals surface area contributed by atoms with Crippen molar-refractivity contribution >= 4 is 23.2 Å². The van der Waals surface area contributed by atoms with Crippen molar-refractivity contribution in [1.82, 2.24) is 4.90 Å². The van der Waals surface area contributed by atoms with Crippen LogP contribution in [0.1, 0.15) is 13.8 Å². The van der Waals surface area contributed by atoms with Gasteiger partial charge in [0.05, 0.1) is 24.3 Å². The number of halogens is 1. The second-order valence-electron chi connectivity index (χ2n) is 5.80. The fraction of sp³-hybridized carbons (Fsp3) is 0.533. The van der Waals surface area contributed by atoms with Crippen molar-refractivity contribution in [3.63, 3.8) is 0 Å². The summed E-state index contributed by atoms with van der Waals surface area (Å²) in [6, 6.07) is 5.10. The molecule has 0 aromatic heterocycles. The quantitative estimate of drug-likeness (QED) is 0.873. The molecule has 5 nitrogen and oxygen atoms in total. The minimum Gasteiger partial charge on any atom is -0.495 e. The monoisotopic (exact) mass is 312 g/mol. The Kier molecular flexibility index (Phi) is 4.76. The van der Waals surface area contributed by atoms with Gasteiger partial charge in [-0.2, -0.15) is 0 Å². The Balaban J connectivity index is 1.85. The third-order valence-corrected chi connectivity index (χ3v) is 4.17. The molecule has 0 atom stereocenters. The van der Waals surface area contributed by atoms with Crippen LogP contribution in [0, 0.1) is 5.92 Å². The van der Waals surface area contributed by atoms with Crippen LogP contribution in [0.5, 0.6) is 5.75 Å². The standard InChI is InChI=1S/C15H21ClN2O3/c1-10(2)15(20)8-18(9-15)7-14(19)17-11-4-5-13(21-3)12(16)6-11/h4-6,10,20H,7-9H2,1-3H3,(H,17,19). The Labute approximate surface area is 129 Å². The van der Waals surface area contributed by atoms with Gasteiger partial charge >= 0.3 is 0 Å². The summed E-state index contributed by atoms with van der Waals surface area (Å²) in [5, 5.41) is 13.4. The van der Waals surface area contributed by atoms with E-state index >= 15 is 0 Å². The van der Waals surface area contributed by atoms with Crippen LogP contribution >= 0.6 is 11.6 Å². The molecule has 1 aliphatic heterocycles. The topological polar surface area (TPSA) is 61.8 Å². The van der Waals surface area contributed by atoms with E-state index in [1.54, 1.807) is 25.3 Å². The van der Waals surface area contributed by atoms with Crippen LogP contribution in [-0.4, -0.2) is 48.3 Å². The highest BCUT2D eigenvalue weighted by Gasteiger charge is 2.43. The number of hydrogen-bond donors (Lipinski definition) is 2. The van der Waals surface area contributed by atoms with Crippen molar-refractivity contribution in [3.8, 4) is 5.75 Å². The molecule has 2 N–H and O–H groups in total. The molecule has 0 aliphatic carbocycles. The smallest absolute Gasteiger partial charge is 0.238 e.